The molecule has 5 aromatic carbocycles. The van der Waals surface area contributed by atoms with Crippen LogP contribution in [-0.2, 0) is 0 Å². The lowest BCUT2D eigenvalue weighted by atomic mass is 10.1. The van der Waals surface area contributed by atoms with Crippen LogP contribution in [0.1, 0.15) is 0 Å². The molecule has 0 spiro atoms. The highest BCUT2D eigenvalue weighted by atomic mass is 15.0. The zero-order chi connectivity index (χ0) is 24.6. The maximum Gasteiger partial charge on any atom is 0.166 e. The third-order valence-corrected chi connectivity index (χ3v) is 6.65. The van der Waals surface area contributed by atoms with Crippen LogP contribution in [0.4, 0.5) is 0 Å². The normalized spacial score (nSPS) is 11.2. The van der Waals surface area contributed by atoms with E-state index in [9.17, 15) is 0 Å². The van der Waals surface area contributed by atoms with Crippen LogP contribution in [0, 0.1) is 0 Å². The lowest BCUT2D eigenvalue weighted by Crippen LogP contribution is -2.02. The number of hydrogen-bond donors (Lipinski definition) is 0. The second kappa shape index (κ2) is 8.85. The van der Waals surface area contributed by atoms with Gasteiger partial charge in [0.25, 0.3) is 0 Å². The largest absolute Gasteiger partial charge is 0.309 e. The molecule has 0 aliphatic carbocycles. The first-order chi connectivity index (χ1) is 18.4. The Kier molecular flexibility index (Phi) is 5.07. The van der Waals surface area contributed by atoms with Crippen LogP contribution in [0.25, 0.3) is 61.7 Å². The summed E-state index contributed by atoms with van der Waals surface area (Å²) in [5, 5.41) is 2.36. The summed E-state index contributed by atoms with van der Waals surface area (Å²) in [4.78, 5) is 14.9. The molecule has 0 aliphatic rings. The molecule has 174 valence electrons. The second-order valence-corrected chi connectivity index (χ2v) is 8.93. The van der Waals surface area contributed by atoms with Gasteiger partial charge in [-0.1, -0.05) is 109 Å². The zero-order valence-corrected chi connectivity index (χ0v) is 20.0. The molecule has 0 bridgehead atoms. The Morgan fingerprint density at radius 1 is 0.405 bits per heavy atom. The fraction of sp³-hybridized carbons (Fsp3) is 0. The third-order valence-electron chi connectivity index (χ3n) is 6.65. The van der Waals surface area contributed by atoms with E-state index in [0.717, 1.165) is 33.4 Å². The summed E-state index contributed by atoms with van der Waals surface area (Å²) in [5.41, 5.74) is 6.21. The Morgan fingerprint density at radius 2 is 0.919 bits per heavy atom. The molecule has 0 unspecified atom stereocenters. The van der Waals surface area contributed by atoms with Crippen molar-refractivity contribution in [1.29, 1.82) is 0 Å². The van der Waals surface area contributed by atoms with Gasteiger partial charge in [0.05, 0.1) is 11.0 Å². The summed E-state index contributed by atoms with van der Waals surface area (Å²) >= 11 is 0. The molecule has 7 aromatic rings. The van der Waals surface area contributed by atoms with Gasteiger partial charge in [-0.3, -0.25) is 0 Å². The molecule has 0 saturated carbocycles. The molecule has 2 aromatic heterocycles. The van der Waals surface area contributed by atoms with Crippen molar-refractivity contribution in [3.05, 3.63) is 133 Å². The summed E-state index contributed by atoms with van der Waals surface area (Å²) in [7, 11) is 0. The van der Waals surface area contributed by atoms with Gasteiger partial charge in [-0.15, -0.1) is 0 Å². The number of hydrogen-bond acceptors (Lipinski definition) is 3. The van der Waals surface area contributed by atoms with Crippen molar-refractivity contribution in [2.45, 2.75) is 0 Å². The van der Waals surface area contributed by atoms with Crippen LogP contribution in [0.3, 0.4) is 0 Å². The lowest BCUT2D eigenvalue weighted by Gasteiger charge is -2.12. The van der Waals surface area contributed by atoms with Crippen LogP contribution in [0.5, 0.6) is 0 Å². The van der Waals surface area contributed by atoms with E-state index in [1.807, 2.05) is 66.7 Å². The van der Waals surface area contributed by atoms with Crippen LogP contribution >= 0.6 is 0 Å². The summed E-state index contributed by atoms with van der Waals surface area (Å²) in [6.07, 6.45) is 0. The number of rotatable bonds is 4. The zero-order valence-electron chi connectivity index (χ0n) is 20.0. The van der Waals surface area contributed by atoms with Crippen molar-refractivity contribution in [1.82, 2.24) is 19.5 Å². The van der Waals surface area contributed by atoms with Gasteiger partial charge >= 0.3 is 0 Å². The smallest absolute Gasteiger partial charge is 0.166 e. The van der Waals surface area contributed by atoms with E-state index in [0.29, 0.717) is 17.5 Å². The van der Waals surface area contributed by atoms with E-state index in [1.165, 1.54) is 10.8 Å². The van der Waals surface area contributed by atoms with E-state index in [1.54, 1.807) is 0 Å². The van der Waals surface area contributed by atoms with Crippen molar-refractivity contribution >= 4 is 21.8 Å². The van der Waals surface area contributed by atoms with Crippen molar-refractivity contribution in [2.75, 3.05) is 0 Å². The third kappa shape index (κ3) is 3.67. The van der Waals surface area contributed by atoms with Gasteiger partial charge in [0, 0.05) is 33.2 Å². The number of nitrogens with zero attached hydrogens (tertiary/aromatic N) is 4. The Labute approximate surface area is 214 Å². The van der Waals surface area contributed by atoms with Gasteiger partial charge in [-0.05, 0) is 24.3 Å². The molecule has 4 heteroatoms. The highest BCUT2D eigenvalue weighted by molar-refractivity contribution is 6.13. The monoisotopic (exact) mass is 474 g/mol. The van der Waals surface area contributed by atoms with Crippen LogP contribution in [0.2, 0.25) is 0 Å². The molecule has 0 fully saturated rings. The SMILES string of the molecule is c1ccc(-c2nc(-c3ccccc3)nc(-c3cccc4c5ccccc5n(-c5ccccc5)c34)n2)cc1. The molecule has 7 rings (SSSR count). The summed E-state index contributed by atoms with van der Waals surface area (Å²) in [5.74, 6) is 1.96. The fourth-order valence-electron chi connectivity index (χ4n) is 4.97. The molecular weight excluding hydrogens is 452 g/mol. The van der Waals surface area contributed by atoms with Gasteiger partial charge in [0.1, 0.15) is 0 Å². The maximum atomic E-state index is 5.02. The summed E-state index contributed by atoms with van der Waals surface area (Å²) in [6, 6.07) is 45.6. The molecule has 0 saturated heterocycles. The van der Waals surface area contributed by atoms with E-state index < -0.39 is 0 Å². The van der Waals surface area contributed by atoms with E-state index in [2.05, 4.69) is 71.3 Å². The minimum absolute atomic E-state index is 0.651. The summed E-state index contributed by atoms with van der Waals surface area (Å²) in [6.45, 7) is 0. The average molecular weight is 475 g/mol. The Hall–Kier alpha value is -5.09. The van der Waals surface area contributed by atoms with Gasteiger partial charge < -0.3 is 4.57 Å². The molecule has 0 aliphatic heterocycles. The quantitative estimate of drug-likeness (QED) is 0.260. The molecule has 0 radical (unpaired) electrons. The average Bonchev–Trinajstić information content (AvgIpc) is 3.33. The van der Waals surface area contributed by atoms with Gasteiger partial charge in [0.15, 0.2) is 17.5 Å². The highest BCUT2D eigenvalue weighted by Gasteiger charge is 2.19. The minimum Gasteiger partial charge on any atom is -0.309 e. The van der Waals surface area contributed by atoms with Crippen LogP contribution < -0.4 is 0 Å². The van der Waals surface area contributed by atoms with E-state index in [4.69, 9.17) is 15.0 Å². The predicted octanol–water partition coefficient (Wildman–Crippen LogP) is 7.97. The standard InChI is InChI=1S/C33H22N4/c1-4-13-23(14-5-1)31-34-32(24-15-6-2-7-16-24)36-33(35-31)28-21-12-20-27-26-19-10-11-22-29(26)37(30(27)28)25-17-8-3-9-18-25/h1-22H. The predicted molar refractivity (Wildman–Crippen MR) is 150 cm³/mol. The molecule has 0 N–H and O–H groups in total. The van der Waals surface area contributed by atoms with Crippen LogP contribution in [0.15, 0.2) is 133 Å². The Morgan fingerprint density at radius 3 is 1.57 bits per heavy atom. The van der Waals surface area contributed by atoms with Gasteiger partial charge in [0.2, 0.25) is 0 Å². The van der Waals surface area contributed by atoms with Crippen LogP contribution in [-0.4, -0.2) is 19.5 Å². The first-order valence-electron chi connectivity index (χ1n) is 12.3. The summed E-state index contributed by atoms with van der Waals surface area (Å²) < 4.78 is 2.31. The highest BCUT2D eigenvalue weighted by Crippen LogP contribution is 2.37. The Bertz CT molecular complexity index is 1800. The number of aromatic nitrogens is 4. The van der Waals surface area contributed by atoms with E-state index in [-0.39, 0.29) is 0 Å². The molecular formula is C33H22N4. The molecule has 0 atom stereocenters. The fourth-order valence-corrected chi connectivity index (χ4v) is 4.97. The second-order valence-electron chi connectivity index (χ2n) is 8.93. The lowest BCUT2D eigenvalue weighted by molar-refractivity contribution is 1.07. The minimum atomic E-state index is 0.651. The molecule has 37 heavy (non-hydrogen) atoms. The number of fused-ring (bicyclic) bond motifs is 3. The van der Waals surface area contributed by atoms with Crippen molar-refractivity contribution in [3.8, 4) is 39.9 Å². The first kappa shape index (κ1) is 21.2. The number of para-hydroxylation sites is 3. The van der Waals surface area contributed by atoms with Crippen molar-refractivity contribution in [3.63, 3.8) is 0 Å². The van der Waals surface area contributed by atoms with Crippen molar-refractivity contribution < 1.29 is 0 Å². The van der Waals surface area contributed by atoms with Gasteiger partial charge in [-0.25, -0.2) is 15.0 Å². The number of benzene rings is 5. The molecule has 4 nitrogen and oxygen atoms in total. The first-order valence-corrected chi connectivity index (χ1v) is 12.3. The topological polar surface area (TPSA) is 43.6 Å². The van der Waals surface area contributed by atoms with Gasteiger partial charge in [-0.2, -0.15) is 0 Å². The Balaban J connectivity index is 1.57. The maximum absolute atomic E-state index is 5.02. The molecule has 2 heterocycles. The molecule has 0 amide bonds. The van der Waals surface area contributed by atoms with Crippen molar-refractivity contribution in [2.24, 2.45) is 0 Å². The van der Waals surface area contributed by atoms with E-state index >= 15 is 0 Å².